The summed E-state index contributed by atoms with van der Waals surface area (Å²) in [6.07, 6.45) is 0.0813. The fraction of sp³-hybridized carbons (Fsp3) is 0.348. The Balaban J connectivity index is 1.67. The van der Waals surface area contributed by atoms with E-state index in [9.17, 15) is 24.5 Å². The number of rotatable bonds is 10. The maximum atomic E-state index is 13.1. The van der Waals surface area contributed by atoms with E-state index in [2.05, 4.69) is 5.32 Å². The number of hydrogen-bond donors (Lipinski definition) is 1. The van der Waals surface area contributed by atoms with Crippen LogP contribution in [0.2, 0.25) is 0 Å². The lowest BCUT2D eigenvalue weighted by atomic mass is 9.94. The molecule has 2 aromatic carbocycles. The van der Waals surface area contributed by atoms with Crippen LogP contribution in [0, 0.1) is 10.1 Å². The van der Waals surface area contributed by atoms with Crippen LogP contribution in [0.3, 0.4) is 0 Å². The number of nitro groups is 1. The van der Waals surface area contributed by atoms with Crippen LogP contribution in [0.5, 0.6) is 0 Å². The maximum absolute atomic E-state index is 13.1. The van der Waals surface area contributed by atoms with Crippen molar-refractivity contribution in [3.8, 4) is 0 Å². The van der Waals surface area contributed by atoms with Gasteiger partial charge in [-0.2, -0.15) is 0 Å². The van der Waals surface area contributed by atoms with Gasteiger partial charge in [-0.25, -0.2) is 4.79 Å². The minimum Gasteiger partial charge on any atom is -0.459 e. The second-order valence-corrected chi connectivity index (χ2v) is 10.6. The Morgan fingerprint density at radius 1 is 1.17 bits per heavy atom. The van der Waals surface area contributed by atoms with Crippen molar-refractivity contribution in [2.75, 3.05) is 0 Å². The largest absolute Gasteiger partial charge is 0.459 e. The number of alkyl halides is 1. The highest BCUT2D eigenvalue weighted by molar-refractivity contribution is 8.22. The van der Waals surface area contributed by atoms with E-state index in [-0.39, 0.29) is 24.6 Å². The highest BCUT2D eigenvalue weighted by Crippen LogP contribution is 2.40. The first-order chi connectivity index (χ1) is 16.5. The number of benzene rings is 2. The quantitative estimate of drug-likeness (QED) is 0.122. The minimum absolute atomic E-state index is 0.0813. The van der Waals surface area contributed by atoms with Crippen LogP contribution in [-0.2, 0) is 32.1 Å². The zero-order valence-corrected chi connectivity index (χ0v) is 21.2. The van der Waals surface area contributed by atoms with Gasteiger partial charge in [0.25, 0.3) is 11.6 Å². The first-order valence-corrected chi connectivity index (χ1v) is 12.6. The molecular weight excluding hydrogens is 517 g/mol. The molecule has 0 radical (unpaired) electrons. The van der Waals surface area contributed by atoms with Crippen molar-refractivity contribution in [1.82, 2.24) is 10.2 Å². The lowest BCUT2D eigenvalue weighted by molar-refractivity contribution is -0.384. The van der Waals surface area contributed by atoms with Gasteiger partial charge in [0.05, 0.1) is 16.1 Å². The second kappa shape index (κ2) is 11.3. The SMILES string of the molecule is CC(C)(SCl)C(C(=O)OCc1ccc([N+](=O)[O-])cc1)N1C(=O)C(NC(=O)Cc2ccccc2)C1Cl. The number of ether oxygens (including phenoxy) is 1. The molecule has 9 nitrogen and oxygen atoms in total. The van der Waals surface area contributed by atoms with Crippen LogP contribution < -0.4 is 5.32 Å². The Morgan fingerprint density at radius 3 is 2.34 bits per heavy atom. The fourth-order valence-corrected chi connectivity index (χ4v) is 4.53. The molecule has 0 aliphatic carbocycles. The number of nitro benzene ring substituents is 1. The Hall–Kier alpha value is -2.82. The lowest BCUT2D eigenvalue weighted by Gasteiger charge is -2.50. The third-order valence-corrected chi connectivity index (χ3v) is 7.75. The summed E-state index contributed by atoms with van der Waals surface area (Å²) in [6.45, 7) is 3.17. The molecule has 0 spiro atoms. The third-order valence-electron chi connectivity index (χ3n) is 5.47. The summed E-state index contributed by atoms with van der Waals surface area (Å²) in [4.78, 5) is 49.8. The van der Waals surface area contributed by atoms with Gasteiger partial charge < -0.3 is 15.0 Å². The molecule has 3 rings (SSSR count). The molecule has 0 aromatic heterocycles. The highest BCUT2D eigenvalue weighted by atomic mass is 35.7. The van der Waals surface area contributed by atoms with E-state index in [1.807, 2.05) is 18.2 Å². The van der Waals surface area contributed by atoms with Crippen LogP contribution in [0.4, 0.5) is 5.69 Å². The standard InChI is InChI=1S/C23H23Cl2N3O6S/c1-23(2,35-25)19(22(31)34-13-15-8-10-16(11-9-15)28(32)33)27-20(24)18(21(27)30)26-17(29)12-14-6-4-3-5-7-14/h3-11,18-20H,12-13H2,1-2H3,(H,26,29). The fourth-order valence-electron chi connectivity index (χ4n) is 3.61. The molecule has 2 aromatic rings. The molecule has 2 amide bonds. The minimum atomic E-state index is -1.14. The number of hydrogen-bond acceptors (Lipinski definition) is 7. The summed E-state index contributed by atoms with van der Waals surface area (Å²) < 4.78 is 4.43. The summed E-state index contributed by atoms with van der Waals surface area (Å²) in [5.41, 5.74) is 0.242. The van der Waals surface area contributed by atoms with Crippen molar-refractivity contribution in [3.05, 3.63) is 75.8 Å². The number of halogens is 2. The van der Waals surface area contributed by atoms with Gasteiger partial charge in [-0.15, -0.1) is 0 Å². The molecular formula is C23H23Cl2N3O6S. The Bertz CT molecular complexity index is 1100. The second-order valence-electron chi connectivity index (χ2n) is 8.44. The molecule has 0 bridgehead atoms. The van der Waals surface area contributed by atoms with E-state index < -0.39 is 39.1 Å². The molecule has 1 saturated heterocycles. The van der Waals surface area contributed by atoms with Crippen LogP contribution in [0.15, 0.2) is 54.6 Å². The molecule has 3 unspecified atom stereocenters. The number of nitrogens with zero attached hydrogens (tertiary/aromatic N) is 2. The van der Waals surface area contributed by atoms with Crippen molar-refractivity contribution in [3.63, 3.8) is 0 Å². The Kier molecular flexibility index (Phi) is 8.63. The predicted molar refractivity (Wildman–Crippen MR) is 133 cm³/mol. The Labute approximate surface area is 215 Å². The van der Waals surface area contributed by atoms with Crippen LogP contribution >= 0.6 is 33.3 Å². The van der Waals surface area contributed by atoms with Gasteiger partial charge in [0.15, 0.2) is 0 Å². The van der Waals surface area contributed by atoms with E-state index in [0.717, 1.165) is 21.4 Å². The van der Waals surface area contributed by atoms with Crippen molar-refractivity contribution >= 4 is 56.7 Å². The molecule has 1 N–H and O–H groups in total. The number of nitrogens with one attached hydrogen (secondary N) is 1. The number of non-ortho nitro benzene ring substituents is 1. The first-order valence-electron chi connectivity index (χ1n) is 10.5. The van der Waals surface area contributed by atoms with Gasteiger partial charge in [0.1, 0.15) is 24.2 Å². The number of likely N-dealkylation sites (tertiary alicyclic amines) is 1. The molecule has 35 heavy (non-hydrogen) atoms. The molecule has 12 heteroatoms. The van der Waals surface area contributed by atoms with Crippen molar-refractivity contribution in [2.45, 2.75) is 49.2 Å². The maximum Gasteiger partial charge on any atom is 0.330 e. The van der Waals surface area contributed by atoms with Gasteiger partial charge in [0.2, 0.25) is 5.91 Å². The molecule has 3 atom stereocenters. The number of esters is 1. The number of carbonyl (C=O) groups is 3. The summed E-state index contributed by atoms with van der Waals surface area (Å²) in [7, 11) is 6.87. The van der Waals surface area contributed by atoms with Crippen LogP contribution in [0.25, 0.3) is 0 Å². The van der Waals surface area contributed by atoms with Crippen LogP contribution in [-0.4, -0.2) is 49.9 Å². The molecule has 1 fully saturated rings. The topological polar surface area (TPSA) is 119 Å². The average Bonchev–Trinajstić information content (AvgIpc) is 2.84. The molecule has 186 valence electrons. The number of carbonyl (C=O) groups excluding carboxylic acids is 3. The monoisotopic (exact) mass is 539 g/mol. The van der Waals surface area contributed by atoms with Crippen LogP contribution in [0.1, 0.15) is 25.0 Å². The third kappa shape index (κ3) is 6.25. The van der Waals surface area contributed by atoms with Crippen molar-refractivity contribution < 1.29 is 24.0 Å². The van der Waals surface area contributed by atoms with E-state index in [1.165, 1.54) is 24.3 Å². The van der Waals surface area contributed by atoms with Gasteiger partial charge in [-0.1, -0.05) is 41.9 Å². The summed E-state index contributed by atoms with van der Waals surface area (Å²) >= 11 is 6.46. The summed E-state index contributed by atoms with van der Waals surface area (Å²) in [6, 6.07) is 12.5. The molecule has 0 saturated carbocycles. The van der Waals surface area contributed by atoms with E-state index in [4.69, 9.17) is 27.0 Å². The van der Waals surface area contributed by atoms with Crippen molar-refractivity contribution in [2.24, 2.45) is 0 Å². The average molecular weight is 540 g/mol. The zero-order chi connectivity index (χ0) is 25.8. The first kappa shape index (κ1) is 26.8. The van der Waals surface area contributed by atoms with Gasteiger partial charge >= 0.3 is 5.97 Å². The summed E-state index contributed by atoms with van der Waals surface area (Å²) in [5, 5.41) is 13.4. The van der Waals surface area contributed by atoms with Gasteiger partial charge in [-0.3, -0.25) is 19.7 Å². The highest BCUT2D eigenvalue weighted by Gasteiger charge is 2.56. The predicted octanol–water partition coefficient (Wildman–Crippen LogP) is 3.81. The van der Waals surface area contributed by atoms with E-state index in [0.29, 0.717) is 5.56 Å². The number of β-lactam (4-membered cyclic amide) rings is 1. The van der Waals surface area contributed by atoms with E-state index in [1.54, 1.807) is 26.0 Å². The Morgan fingerprint density at radius 2 is 1.80 bits per heavy atom. The summed E-state index contributed by atoms with van der Waals surface area (Å²) in [5.74, 6) is -1.64. The van der Waals surface area contributed by atoms with E-state index >= 15 is 0 Å². The molecule has 1 aliphatic rings. The van der Waals surface area contributed by atoms with Crippen molar-refractivity contribution in [1.29, 1.82) is 0 Å². The molecule has 1 heterocycles. The smallest absolute Gasteiger partial charge is 0.330 e. The number of amides is 2. The zero-order valence-electron chi connectivity index (χ0n) is 18.9. The van der Waals surface area contributed by atoms with Gasteiger partial charge in [-0.05, 0) is 58.8 Å². The molecule has 1 aliphatic heterocycles. The normalized spacial score (nSPS) is 18.4. The van der Waals surface area contributed by atoms with Gasteiger partial charge in [0, 0.05) is 12.1 Å². The lowest BCUT2D eigenvalue weighted by Crippen LogP contribution is -2.74.